The first-order valence-electron chi connectivity index (χ1n) is 26.8. The first kappa shape index (κ1) is 60.1. The highest BCUT2D eigenvalue weighted by molar-refractivity contribution is 5.71. The first-order valence-corrected chi connectivity index (χ1v) is 26.8. The number of hydrogen-bond donors (Lipinski definition) is 0. The van der Waals surface area contributed by atoms with Crippen molar-refractivity contribution in [1.29, 1.82) is 0 Å². The van der Waals surface area contributed by atoms with E-state index >= 15 is 0 Å². The fraction of sp³-hybridized carbons (Fsp3) is 0.772. The highest BCUT2D eigenvalue weighted by Crippen LogP contribution is 2.14. The van der Waals surface area contributed by atoms with Crippen LogP contribution in [-0.2, 0) is 28.6 Å². The Hall–Kier alpha value is -2.89. The molecular formula is C57H100O6. The Morgan fingerprint density at radius 3 is 0.984 bits per heavy atom. The standard InChI is InChI=1S/C57H100O6/c1-4-7-10-13-16-19-22-25-26-27-28-29-30-33-35-38-41-44-47-50-56(59)62-53-54(63-57(60)51-48-45-42-39-36-32-24-21-18-15-12-9-6-3)52-61-55(58)49-46-43-40-37-34-31-23-20-17-14-11-8-5-2/h27-28,31-32,34,36,40,42-43,45,54H,4-26,29-30,33,35,37-39,41,44,46-53H2,1-3H3/b28-27+,34-31+,36-32+,43-40+,45-42+. The number of rotatable bonds is 48. The van der Waals surface area contributed by atoms with Crippen LogP contribution < -0.4 is 0 Å². The molecule has 0 rings (SSSR count). The van der Waals surface area contributed by atoms with Gasteiger partial charge in [0.2, 0.25) is 0 Å². The van der Waals surface area contributed by atoms with Crippen LogP contribution in [-0.4, -0.2) is 37.2 Å². The molecule has 0 heterocycles. The maximum absolute atomic E-state index is 12.7. The van der Waals surface area contributed by atoms with E-state index in [0.717, 1.165) is 44.9 Å². The molecule has 0 spiro atoms. The van der Waals surface area contributed by atoms with Gasteiger partial charge in [-0.2, -0.15) is 0 Å². The smallest absolute Gasteiger partial charge is 0.306 e. The van der Waals surface area contributed by atoms with E-state index in [4.69, 9.17) is 14.2 Å². The van der Waals surface area contributed by atoms with E-state index in [1.807, 2.05) is 12.2 Å². The van der Waals surface area contributed by atoms with E-state index in [1.54, 1.807) is 0 Å². The molecule has 0 saturated carbocycles. The molecule has 6 heteroatoms. The summed E-state index contributed by atoms with van der Waals surface area (Å²) in [5.74, 6) is -1.05. The van der Waals surface area contributed by atoms with E-state index in [0.29, 0.717) is 19.3 Å². The van der Waals surface area contributed by atoms with E-state index in [9.17, 15) is 14.4 Å². The first-order chi connectivity index (χ1) is 31.0. The van der Waals surface area contributed by atoms with Crippen LogP contribution in [0.15, 0.2) is 60.8 Å². The third-order valence-corrected chi connectivity index (χ3v) is 11.5. The lowest BCUT2D eigenvalue weighted by Gasteiger charge is -2.18. The minimum Gasteiger partial charge on any atom is -0.462 e. The van der Waals surface area contributed by atoms with E-state index in [2.05, 4.69) is 69.4 Å². The van der Waals surface area contributed by atoms with Gasteiger partial charge in [-0.3, -0.25) is 14.4 Å². The highest BCUT2D eigenvalue weighted by atomic mass is 16.6. The van der Waals surface area contributed by atoms with Crippen molar-refractivity contribution in [3.63, 3.8) is 0 Å². The van der Waals surface area contributed by atoms with Gasteiger partial charge in [-0.25, -0.2) is 0 Å². The average Bonchev–Trinajstić information content (AvgIpc) is 3.28. The average molecular weight is 881 g/mol. The number of carbonyl (C=O) groups excluding carboxylic acids is 3. The molecule has 364 valence electrons. The maximum atomic E-state index is 12.7. The summed E-state index contributed by atoms with van der Waals surface area (Å²) in [7, 11) is 0. The molecule has 0 radical (unpaired) electrons. The van der Waals surface area contributed by atoms with Crippen molar-refractivity contribution in [3.8, 4) is 0 Å². The van der Waals surface area contributed by atoms with Gasteiger partial charge in [0, 0.05) is 19.3 Å². The van der Waals surface area contributed by atoms with Gasteiger partial charge < -0.3 is 14.2 Å². The molecule has 6 nitrogen and oxygen atoms in total. The van der Waals surface area contributed by atoms with Crippen LogP contribution in [0, 0.1) is 0 Å². The van der Waals surface area contributed by atoms with Gasteiger partial charge in [-0.1, -0.05) is 223 Å². The Balaban J connectivity index is 4.44. The molecule has 1 unspecified atom stereocenters. The van der Waals surface area contributed by atoms with Gasteiger partial charge in [0.05, 0.1) is 0 Å². The number of allylic oxidation sites excluding steroid dienone is 10. The van der Waals surface area contributed by atoms with Crippen molar-refractivity contribution in [2.45, 2.75) is 271 Å². The van der Waals surface area contributed by atoms with Gasteiger partial charge in [0.25, 0.3) is 0 Å². The van der Waals surface area contributed by atoms with E-state index < -0.39 is 12.1 Å². The second kappa shape index (κ2) is 51.7. The molecule has 0 aromatic carbocycles. The van der Waals surface area contributed by atoms with Gasteiger partial charge in [-0.05, 0) is 83.5 Å². The summed E-state index contributed by atoms with van der Waals surface area (Å²) in [5.41, 5.74) is 0. The fourth-order valence-electron chi connectivity index (χ4n) is 7.43. The minimum atomic E-state index is -0.827. The molecule has 0 N–H and O–H groups in total. The lowest BCUT2D eigenvalue weighted by atomic mass is 10.1. The lowest BCUT2D eigenvalue weighted by molar-refractivity contribution is -0.166. The van der Waals surface area contributed by atoms with Crippen LogP contribution in [0.25, 0.3) is 0 Å². The monoisotopic (exact) mass is 881 g/mol. The maximum Gasteiger partial charge on any atom is 0.306 e. The zero-order chi connectivity index (χ0) is 45.8. The number of unbranched alkanes of at least 4 members (excludes halogenated alkanes) is 27. The van der Waals surface area contributed by atoms with Gasteiger partial charge in [-0.15, -0.1) is 0 Å². The van der Waals surface area contributed by atoms with Crippen molar-refractivity contribution < 1.29 is 28.6 Å². The minimum absolute atomic E-state index is 0.115. The Labute approximate surface area is 390 Å². The predicted molar refractivity (Wildman–Crippen MR) is 270 cm³/mol. The number of ether oxygens (including phenoxy) is 3. The third kappa shape index (κ3) is 50.0. The van der Waals surface area contributed by atoms with Crippen molar-refractivity contribution in [3.05, 3.63) is 60.8 Å². The van der Waals surface area contributed by atoms with Crippen LogP contribution in [0.5, 0.6) is 0 Å². The molecule has 1 atom stereocenters. The van der Waals surface area contributed by atoms with Crippen LogP contribution in [0.3, 0.4) is 0 Å². The molecule has 0 bridgehead atoms. The number of hydrogen-bond acceptors (Lipinski definition) is 6. The molecule has 0 aromatic rings. The molecule has 0 amide bonds. The van der Waals surface area contributed by atoms with Crippen LogP contribution in [0.2, 0.25) is 0 Å². The quantitative estimate of drug-likeness (QED) is 0.0262. The Morgan fingerprint density at radius 2 is 0.603 bits per heavy atom. The molecule has 0 aliphatic carbocycles. The van der Waals surface area contributed by atoms with E-state index in [-0.39, 0.29) is 38.0 Å². The van der Waals surface area contributed by atoms with Crippen molar-refractivity contribution in [2.75, 3.05) is 13.2 Å². The highest BCUT2D eigenvalue weighted by Gasteiger charge is 2.19. The molecule has 63 heavy (non-hydrogen) atoms. The molecule has 0 aromatic heterocycles. The van der Waals surface area contributed by atoms with Crippen molar-refractivity contribution in [2.24, 2.45) is 0 Å². The summed E-state index contributed by atoms with van der Waals surface area (Å²) in [6.07, 6.45) is 63.8. The topological polar surface area (TPSA) is 78.9 Å². The van der Waals surface area contributed by atoms with Gasteiger partial charge >= 0.3 is 17.9 Å². The third-order valence-electron chi connectivity index (χ3n) is 11.5. The summed E-state index contributed by atoms with van der Waals surface area (Å²) in [6.45, 7) is 6.52. The molecule has 0 saturated heterocycles. The summed E-state index contributed by atoms with van der Waals surface area (Å²) >= 11 is 0. The van der Waals surface area contributed by atoms with Crippen LogP contribution in [0.4, 0.5) is 0 Å². The molecule has 0 aliphatic heterocycles. The second-order valence-electron chi connectivity index (χ2n) is 17.8. The predicted octanol–water partition coefficient (Wildman–Crippen LogP) is 17.6. The van der Waals surface area contributed by atoms with Crippen LogP contribution in [0.1, 0.15) is 265 Å². The summed E-state index contributed by atoms with van der Waals surface area (Å²) in [5, 5.41) is 0. The Kier molecular flexibility index (Phi) is 49.4. The SMILES string of the molecule is CCCCCCCC/C=C/C/C=C/CCC(=O)OCC(COC(=O)CCCCCCCCC/C=C/CCCCCCCCCC)OC(=O)CC/C=C/C/C=C/CCCCCCCC. The zero-order valence-electron chi connectivity index (χ0n) is 41.6. The number of esters is 3. The van der Waals surface area contributed by atoms with Crippen molar-refractivity contribution >= 4 is 17.9 Å². The number of carbonyl (C=O) groups is 3. The summed E-state index contributed by atoms with van der Waals surface area (Å²) < 4.78 is 16.7. The van der Waals surface area contributed by atoms with E-state index in [1.165, 1.54) is 167 Å². The zero-order valence-corrected chi connectivity index (χ0v) is 41.6. The summed E-state index contributed by atoms with van der Waals surface area (Å²) in [6, 6.07) is 0. The lowest BCUT2D eigenvalue weighted by Crippen LogP contribution is -2.30. The Morgan fingerprint density at radius 1 is 0.317 bits per heavy atom. The Bertz CT molecular complexity index is 1150. The van der Waals surface area contributed by atoms with Crippen LogP contribution >= 0.6 is 0 Å². The molecule has 0 aliphatic rings. The van der Waals surface area contributed by atoms with Gasteiger partial charge in [0.15, 0.2) is 6.10 Å². The normalized spacial score (nSPS) is 12.5. The fourth-order valence-corrected chi connectivity index (χ4v) is 7.43. The molecule has 0 fully saturated rings. The van der Waals surface area contributed by atoms with Crippen molar-refractivity contribution in [1.82, 2.24) is 0 Å². The largest absolute Gasteiger partial charge is 0.462 e. The summed E-state index contributed by atoms with van der Waals surface area (Å²) in [4.78, 5) is 37.9. The van der Waals surface area contributed by atoms with Gasteiger partial charge in [0.1, 0.15) is 13.2 Å². The molecular weight excluding hydrogens is 781 g/mol. The second-order valence-corrected chi connectivity index (χ2v) is 17.8.